The number of halogens is 1. The number of hydrogen-bond acceptors (Lipinski definition) is 1. The highest BCUT2D eigenvalue weighted by Gasteiger charge is 2.01. The summed E-state index contributed by atoms with van der Waals surface area (Å²) in [4.78, 5) is 0. The van der Waals surface area contributed by atoms with Gasteiger partial charge in [0.05, 0.1) is 5.56 Å². The van der Waals surface area contributed by atoms with E-state index in [-0.39, 0.29) is 24.0 Å². The summed E-state index contributed by atoms with van der Waals surface area (Å²) in [6, 6.07) is 9.96. The molecular weight excluding hydrogens is 269 g/mol. The van der Waals surface area contributed by atoms with Crippen LogP contribution in [0.25, 0.3) is 0 Å². The molecule has 0 aliphatic rings. The summed E-state index contributed by atoms with van der Waals surface area (Å²) in [5.41, 5.74) is 1.11. The van der Waals surface area contributed by atoms with Gasteiger partial charge in [-0.05, 0) is 18.4 Å². The lowest BCUT2D eigenvalue weighted by atomic mass is 10.2. The first-order chi connectivity index (χ1) is 4.84. The first-order valence-corrected chi connectivity index (χ1v) is 4.29. The normalized spacial score (nSPS) is 8.45. The van der Waals surface area contributed by atoms with Crippen LogP contribution in [0, 0.1) is 0 Å². The Morgan fingerprint density at radius 1 is 1.27 bits per heavy atom. The first-order valence-electron chi connectivity index (χ1n) is 3.06. The van der Waals surface area contributed by atoms with E-state index in [1.165, 1.54) is 0 Å². The second kappa shape index (κ2) is 5.60. The van der Waals surface area contributed by atoms with E-state index in [1.54, 1.807) is 11.8 Å². The van der Waals surface area contributed by atoms with Crippen LogP contribution in [0.2, 0.25) is 0 Å². The zero-order chi connectivity index (χ0) is 7.40. The Morgan fingerprint density at radius 2 is 1.82 bits per heavy atom. The molecule has 0 aromatic heterocycles. The van der Waals surface area contributed by atoms with Gasteiger partial charge in [-0.2, -0.15) is 0 Å². The number of nitrogens with two attached hydrogens (primary N) is 1. The van der Waals surface area contributed by atoms with E-state index in [9.17, 15) is 0 Å². The van der Waals surface area contributed by atoms with Crippen molar-refractivity contribution in [2.75, 3.05) is 6.26 Å². The predicted molar refractivity (Wildman–Crippen MR) is 61.4 cm³/mol. The quantitative estimate of drug-likeness (QED) is 0.466. The SMILES string of the molecule is CSC(=[NH2+])c1ccccc1.I. The average molecular weight is 280 g/mol. The molecule has 0 aliphatic heterocycles. The molecule has 0 bridgehead atoms. The summed E-state index contributed by atoms with van der Waals surface area (Å²) in [5, 5.41) is 6.55. The van der Waals surface area contributed by atoms with Crippen molar-refractivity contribution in [1.29, 1.82) is 0 Å². The summed E-state index contributed by atoms with van der Waals surface area (Å²) < 4.78 is 0. The maximum Gasteiger partial charge on any atom is 0.238 e. The monoisotopic (exact) mass is 280 g/mol. The van der Waals surface area contributed by atoms with E-state index < -0.39 is 0 Å². The summed E-state index contributed by atoms with van der Waals surface area (Å²) in [5.74, 6) is 0. The minimum atomic E-state index is 0. The predicted octanol–water partition coefficient (Wildman–Crippen LogP) is 1.17. The van der Waals surface area contributed by atoms with Crippen LogP contribution in [-0.2, 0) is 0 Å². The average Bonchev–Trinajstić information content (AvgIpc) is 2.05. The van der Waals surface area contributed by atoms with Gasteiger partial charge in [-0.3, -0.25) is 0 Å². The number of thioether (sulfide) groups is 1. The maximum atomic E-state index is 5.67. The third-order valence-corrected chi connectivity index (χ3v) is 1.95. The highest BCUT2D eigenvalue weighted by Crippen LogP contribution is 2.04. The van der Waals surface area contributed by atoms with Crippen molar-refractivity contribution in [3.63, 3.8) is 0 Å². The van der Waals surface area contributed by atoms with Gasteiger partial charge < -0.3 is 0 Å². The van der Waals surface area contributed by atoms with Crippen LogP contribution in [0.1, 0.15) is 5.56 Å². The Kier molecular flexibility index (Phi) is 5.58. The topological polar surface area (TPSA) is 25.6 Å². The minimum Gasteiger partial charge on any atom is -0.248 e. The van der Waals surface area contributed by atoms with Crippen molar-refractivity contribution in [3.05, 3.63) is 35.9 Å². The van der Waals surface area contributed by atoms with E-state index in [4.69, 9.17) is 5.41 Å². The molecule has 11 heavy (non-hydrogen) atoms. The van der Waals surface area contributed by atoms with Crippen molar-refractivity contribution in [3.8, 4) is 0 Å². The van der Waals surface area contributed by atoms with Crippen LogP contribution in [0.3, 0.4) is 0 Å². The Morgan fingerprint density at radius 3 is 2.27 bits per heavy atom. The van der Waals surface area contributed by atoms with Crippen molar-refractivity contribution in [2.24, 2.45) is 0 Å². The van der Waals surface area contributed by atoms with Crippen LogP contribution >= 0.6 is 35.7 Å². The van der Waals surface area contributed by atoms with Crippen LogP contribution in [0.4, 0.5) is 0 Å². The summed E-state index contributed by atoms with van der Waals surface area (Å²) in [6.45, 7) is 0. The van der Waals surface area contributed by atoms with Gasteiger partial charge in [-0.25, -0.2) is 5.41 Å². The molecule has 0 fully saturated rings. The molecule has 1 rings (SSSR count). The summed E-state index contributed by atoms with van der Waals surface area (Å²) in [6.07, 6.45) is 1.97. The fourth-order valence-corrected chi connectivity index (χ4v) is 1.09. The fourth-order valence-electron chi connectivity index (χ4n) is 0.720. The molecule has 0 saturated heterocycles. The molecule has 1 aromatic rings. The van der Waals surface area contributed by atoms with Crippen LogP contribution in [0.15, 0.2) is 30.3 Å². The molecular formula is C8H11INS+. The Balaban J connectivity index is 0.000001000. The molecule has 2 N–H and O–H groups in total. The molecule has 0 unspecified atom stereocenters. The van der Waals surface area contributed by atoms with Gasteiger partial charge in [0.1, 0.15) is 0 Å². The molecule has 60 valence electrons. The lowest BCUT2D eigenvalue weighted by molar-refractivity contribution is -0.107. The second-order valence-corrected chi connectivity index (χ2v) is 2.78. The molecule has 0 atom stereocenters. The first kappa shape index (κ1) is 11.0. The van der Waals surface area contributed by atoms with Crippen molar-refractivity contribution >= 4 is 40.8 Å². The molecule has 0 radical (unpaired) electrons. The lowest BCUT2D eigenvalue weighted by Gasteiger charge is -1.91. The van der Waals surface area contributed by atoms with Gasteiger partial charge in [0.15, 0.2) is 0 Å². The summed E-state index contributed by atoms with van der Waals surface area (Å²) in [7, 11) is 0. The summed E-state index contributed by atoms with van der Waals surface area (Å²) >= 11 is 1.57. The third-order valence-electron chi connectivity index (χ3n) is 1.28. The second-order valence-electron chi connectivity index (χ2n) is 1.93. The largest absolute Gasteiger partial charge is 0.248 e. The zero-order valence-electron chi connectivity index (χ0n) is 6.28. The molecule has 1 aromatic carbocycles. The maximum absolute atomic E-state index is 5.67. The van der Waals surface area contributed by atoms with Crippen LogP contribution in [-0.4, -0.2) is 11.3 Å². The lowest BCUT2D eigenvalue weighted by Crippen LogP contribution is -2.37. The number of hydrogen-bond donors (Lipinski definition) is 1. The fraction of sp³-hybridized carbons (Fsp3) is 0.125. The number of rotatable bonds is 1. The standard InChI is InChI=1S/C8H9NS.HI/c1-10-8(9)7-5-3-2-4-6-7;/h2-6,9H,1H3;1H/p+1. The Labute approximate surface area is 88.1 Å². The van der Waals surface area contributed by atoms with Crippen LogP contribution in [0.5, 0.6) is 0 Å². The van der Waals surface area contributed by atoms with Crippen molar-refractivity contribution < 1.29 is 5.41 Å². The molecule has 0 aliphatic carbocycles. The van der Waals surface area contributed by atoms with Gasteiger partial charge in [0.25, 0.3) is 0 Å². The third kappa shape index (κ3) is 3.25. The highest BCUT2D eigenvalue weighted by atomic mass is 127. The van der Waals surface area contributed by atoms with E-state index in [0.717, 1.165) is 10.6 Å². The molecule has 0 heterocycles. The van der Waals surface area contributed by atoms with E-state index in [1.807, 2.05) is 36.6 Å². The van der Waals surface area contributed by atoms with Gasteiger partial charge >= 0.3 is 0 Å². The van der Waals surface area contributed by atoms with Crippen LogP contribution < -0.4 is 5.41 Å². The van der Waals surface area contributed by atoms with Gasteiger partial charge in [-0.1, -0.05) is 30.0 Å². The van der Waals surface area contributed by atoms with Gasteiger partial charge in [0, 0.05) is 0 Å². The Bertz CT molecular complexity index is 223. The minimum absolute atomic E-state index is 0. The molecule has 0 spiro atoms. The Hall–Kier alpha value is -0.0300. The van der Waals surface area contributed by atoms with E-state index >= 15 is 0 Å². The smallest absolute Gasteiger partial charge is 0.238 e. The van der Waals surface area contributed by atoms with Crippen molar-refractivity contribution in [2.45, 2.75) is 0 Å². The molecule has 0 saturated carbocycles. The van der Waals surface area contributed by atoms with Crippen molar-refractivity contribution in [1.82, 2.24) is 0 Å². The molecule has 1 nitrogen and oxygen atoms in total. The highest BCUT2D eigenvalue weighted by molar-refractivity contribution is 14.0. The van der Waals surface area contributed by atoms with E-state index in [2.05, 4.69) is 0 Å². The van der Waals surface area contributed by atoms with E-state index in [0.29, 0.717) is 0 Å². The zero-order valence-corrected chi connectivity index (χ0v) is 9.43. The molecule has 3 heteroatoms. The van der Waals surface area contributed by atoms with Gasteiger partial charge in [-0.15, -0.1) is 24.0 Å². The molecule has 0 amide bonds. The van der Waals surface area contributed by atoms with Gasteiger partial charge in [0.2, 0.25) is 5.04 Å². The number of benzene rings is 1.